The molecule has 19 heavy (non-hydrogen) atoms. The maximum atomic E-state index is 10.7. The molecule has 4 N–H and O–H groups in total. The van der Waals surface area contributed by atoms with E-state index < -0.39 is 6.09 Å². The Morgan fingerprint density at radius 3 is 2.74 bits per heavy atom. The Morgan fingerprint density at radius 1 is 1.47 bits per heavy atom. The highest BCUT2D eigenvalue weighted by molar-refractivity contribution is 5.88. The number of methoxy groups -OCH3 is 1. The molecule has 2 rings (SSSR count). The van der Waals surface area contributed by atoms with E-state index in [4.69, 9.17) is 20.3 Å². The third kappa shape index (κ3) is 3.00. The molecule has 7 heteroatoms. The minimum Gasteiger partial charge on any atom is -0.494 e. The van der Waals surface area contributed by atoms with E-state index in [1.165, 1.54) is 7.11 Å². The van der Waals surface area contributed by atoms with Crippen molar-refractivity contribution in [3.8, 4) is 5.75 Å². The van der Waals surface area contributed by atoms with E-state index in [2.05, 4.69) is 10.2 Å². The predicted octanol–water partition coefficient (Wildman–Crippen LogP) is 1.20. The standard InChI is InChI=1S/C12H17N3O4/c1-18-11-7-10(15-2-4-19-5-3-15)8(13)6-9(11)14-12(16)17/h6-7,14H,2-5,13H2,1H3,(H,16,17). The van der Waals surface area contributed by atoms with Crippen LogP contribution >= 0.6 is 0 Å². The molecule has 0 aliphatic carbocycles. The second-order valence-corrected chi connectivity index (χ2v) is 4.14. The third-order valence-electron chi connectivity index (χ3n) is 2.94. The Morgan fingerprint density at radius 2 is 2.16 bits per heavy atom. The highest BCUT2D eigenvalue weighted by Gasteiger charge is 2.17. The van der Waals surface area contributed by atoms with Gasteiger partial charge in [0.2, 0.25) is 0 Å². The highest BCUT2D eigenvalue weighted by atomic mass is 16.5. The van der Waals surface area contributed by atoms with Crippen LogP contribution in [0.3, 0.4) is 0 Å². The Kier molecular flexibility index (Phi) is 3.96. The van der Waals surface area contributed by atoms with Crippen LogP contribution in [0.4, 0.5) is 21.9 Å². The summed E-state index contributed by atoms with van der Waals surface area (Å²) in [5.74, 6) is 0.443. The first kappa shape index (κ1) is 13.3. The van der Waals surface area contributed by atoms with Crippen molar-refractivity contribution in [1.82, 2.24) is 0 Å². The van der Waals surface area contributed by atoms with Crippen molar-refractivity contribution in [3.05, 3.63) is 12.1 Å². The number of morpholine rings is 1. The van der Waals surface area contributed by atoms with Crippen molar-refractivity contribution in [2.24, 2.45) is 0 Å². The van der Waals surface area contributed by atoms with Crippen molar-refractivity contribution in [1.29, 1.82) is 0 Å². The Balaban J connectivity index is 2.32. The first-order chi connectivity index (χ1) is 9.11. The number of amides is 1. The SMILES string of the molecule is COc1cc(N2CCOCC2)c(N)cc1NC(=O)O. The lowest BCUT2D eigenvalue weighted by atomic mass is 10.2. The summed E-state index contributed by atoms with van der Waals surface area (Å²) in [4.78, 5) is 12.8. The zero-order valence-electron chi connectivity index (χ0n) is 10.7. The van der Waals surface area contributed by atoms with Crippen molar-refractivity contribution in [2.45, 2.75) is 0 Å². The Bertz CT molecular complexity index is 472. The second kappa shape index (κ2) is 5.66. The van der Waals surface area contributed by atoms with Gasteiger partial charge in [-0.2, -0.15) is 0 Å². The molecule has 0 atom stereocenters. The van der Waals surface area contributed by atoms with E-state index in [1.807, 2.05) is 0 Å². The molecule has 1 amide bonds. The molecule has 1 aliphatic rings. The summed E-state index contributed by atoms with van der Waals surface area (Å²) in [7, 11) is 1.49. The average Bonchev–Trinajstić information content (AvgIpc) is 2.39. The van der Waals surface area contributed by atoms with Crippen molar-refractivity contribution in [3.63, 3.8) is 0 Å². The van der Waals surface area contributed by atoms with Crippen LogP contribution in [0.2, 0.25) is 0 Å². The van der Waals surface area contributed by atoms with Gasteiger partial charge in [-0.1, -0.05) is 0 Å². The van der Waals surface area contributed by atoms with E-state index in [0.717, 1.165) is 18.8 Å². The molecule has 0 saturated carbocycles. The number of anilines is 3. The van der Waals surface area contributed by atoms with E-state index >= 15 is 0 Å². The minimum atomic E-state index is -1.16. The maximum Gasteiger partial charge on any atom is 0.409 e. The Hall–Kier alpha value is -2.15. The number of nitrogens with one attached hydrogen (secondary N) is 1. The van der Waals surface area contributed by atoms with Crippen LogP contribution in [0.15, 0.2) is 12.1 Å². The van der Waals surface area contributed by atoms with Gasteiger partial charge in [0.25, 0.3) is 0 Å². The molecule has 1 saturated heterocycles. The molecule has 0 spiro atoms. The van der Waals surface area contributed by atoms with Gasteiger partial charge in [0.15, 0.2) is 0 Å². The molecular weight excluding hydrogens is 250 g/mol. The van der Waals surface area contributed by atoms with Crippen LogP contribution in [-0.4, -0.2) is 44.6 Å². The van der Waals surface area contributed by atoms with Gasteiger partial charge >= 0.3 is 6.09 Å². The van der Waals surface area contributed by atoms with Crippen LogP contribution < -0.4 is 20.7 Å². The molecular formula is C12H17N3O4. The maximum absolute atomic E-state index is 10.7. The van der Waals surface area contributed by atoms with Gasteiger partial charge < -0.3 is 25.2 Å². The van der Waals surface area contributed by atoms with Crippen molar-refractivity contribution in [2.75, 3.05) is 49.4 Å². The largest absolute Gasteiger partial charge is 0.494 e. The van der Waals surface area contributed by atoms with Crippen LogP contribution in [-0.2, 0) is 4.74 Å². The fourth-order valence-corrected chi connectivity index (χ4v) is 2.05. The summed E-state index contributed by atoms with van der Waals surface area (Å²) in [6, 6.07) is 3.31. The molecule has 1 aromatic carbocycles. The normalized spacial score (nSPS) is 15.1. The number of benzene rings is 1. The summed E-state index contributed by atoms with van der Waals surface area (Å²) < 4.78 is 10.5. The van der Waals surface area contributed by atoms with Crippen molar-refractivity contribution < 1.29 is 19.4 Å². The summed E-state index contributed by atoms with van der Waals surface area (Å²) >= 11 is 0. The van der Waals surface area contributed by atoms with Crippen molar-refractivity contribution >= 4 is 23.2 Å². The molecule has 0 radical (unpaired) electrons. The fourth-order valence-electron chi connectivity index (χ4n) is 2.05. The van der Waals surface area contributed by atoms with Gasteiger partial charge in [-0.25, -0.2) is 4.79 Å². The second-order valence-electron chi connectivity index (χ2n) is 4.14. The number of carbonyl (C=O) groups is 1. The third-order valence-corrected chi connectivity index (χ3v) is 2.94. The number of rotatable bonds is 3. The molecule has 0 aromatic heterocycles. The first-order valence-corrected chi connectivity index (χ1v) is 5.92. The van der Waals surface area contributed by atoms with Gasteiger partial charge in [-0.05, 0) is 6.07 Å². The zero-order valence-corrected chi connectivity index (χ0v) is 10.7. The number of nitrogens with zero attached hydrogens (tertiary/aromatic N) is 1. The van der Waals surface area contributed by atoms with Gasteiger partial charge in [0.1, 0.15) is 5.75 Å². The number of nitrogens with two attached hydrogens (primary N) is 1. The molecule has 1 aromatic rings. The van der Waals surface area contributed by atoms with Crippen LogP contribution in [0.1, 0.15) is 0 Å². The highest BCUT2D eigenvalue weighted by Crippen LogP contribution is 2.35. The molecule has 1 heterocycles. The number of hydrogen-bond acceptors (Lipinski definition) is 5. The lowest BCUT2D eigenvalue weighted by molar-refractivity contribution is 0.123. The van der Waals surface area contributed by atoms with Crippen LogP contribution in [0.5, 0.6) is 5.75 Å². The monoisotopic (exact) mass is 267 g/mol. The summed E-state index contributed by atoms with van der Waals surface area (Å²) in [5.41, 5.74) is 7.65. The lowest BCUT2D eigenvalue weighted by Gasteiger charge is -2.30. The minimum absolute atomic E-state index is 0.338. The smallest absolute Gasteiger partial charge is 0.409 e. The molecule has 0 bridgehead atoms. The zero-order chi connectivity index (χ0) is 13.8. The fraction of sp³-hybridized carbons (Fsp3) is 0.417. The molecule has 7 nitrogen and oxygen atoms in total. The molecule has 1 fully saturated rings. The summed E-state index contributed by atoms with van der Waals surface area (Å²) in [5, 5.41) is 11.0. The van der Waals surface area contributed by atoms with Gasteiger partial charge in [-0.15, -0.1) is 0 Å². The average molecular weight is 267 g/mol. The number of carboxylic acid groups (broad SMARTS) is 1. The molecule has 104 valence electrons. The number of nitrogen functional groups attached to an aromatic ring is 1. The van der Waals surface area contributed by atoms with E-state index in [0.29, 0.717) is 30.3 Å². The number of hydrogen-bond donors (Lipinski definition) is 3. The van der Waals surface area contributed by atoms with Gasteiger partial charge in [-0.3, -0.25) is 5.32 Å². The van der Waals surface area contributed by atoms with E-state index in [-0.39, 0.29) is 0 Å². The van der Waals surface area contributed by atoms with Crippen LogP contribution in [0.25, 0.3) is 0 Å². The topological polar surface area (TPSA) is 97.0 Å². The van der Waals surface area contributed by atoms with Gasteiger partial charge in [0.05, 0.1) is 37.4 Å². The first-order valence-electron chi connectivity index (χ1n) is 5.92. The summed E-state index contributed by atoms with van der Waals surface area (Å²) in [6.45, 7) is 2.80. The van der Waals surface area contributed by atoms with E-state index in [9.17, 15) is 4.79 Å². The predicted molar refractivity (Wildman–Crippen MR) is 72.1 cm³/mol. The quantitative estimate of drug-likeness (QED) is 0.712. The molecule has 1 aliphatic heterocycles. The van der Waals surface area contributed by atoms with Gasteiger partial charge in [0, 0.05) is 19.2 Å². The Labute approximate surface area is 110 Å². The number of ether oxygens (including phenoxy) is 2. The summed E-state index contributed by atoms with van der Waals surface area (Å²) in [6.07, 6.45) is -1.16. The molecule has 0 unspecified atom stereocenters. The lowest BCUT2D eigenvalue weighted by Crippen LogP contribution is -2.36. The van der Waals surface area contributed by atoms with Crippen LogP contribution in [0, 0.1) is 0 Å². The van der Waals surface area contributed by atoms with E-state index in [1.54, 1.807) is 12.1 Å².